The minimum absolute atomic E-state index is 0.579. The molecule has 3 heteroatoms. The van der Waals surface area contributed by atoms with Gasteiger partial charge in [-0.05, 0) is 46.5 Å². The number of anilines is 1. The van der Waals surface area contributed by atoms with Crippen molar-refractivity contribution in [2.24, 2.45) is 0 Å². The van der Waals surface area contributed by atoms with Gasteiger partial charge in [0, 0.05) is 35.8 Å². The van der Waals surface area contributed by atoms with Crippen LogP contribution in [0.1, 0.15) is 18.4 Å². The first-order chi connectivity index (χ1) is 10.3. The minimum atomic E-state index is 0.579. The molecule has 0 radical (unpaired) electrons. The lowest BCUT2D eigenvalue weighted by atomic mass is 10.0. The molecule has 1 saturated heterocycles. The average Bonchev–Trinajstić information content (AvgIpc) is 2.52. The van der Waals surface area contributed by atoms with Crippen LogP contribution in [-0.4, -0.2) is 24.0 Å². The molecule has 0 atom stereocenters. The van der Waals surface area contributed by atoms with Crippen molar-refractivity contribution in [1.82, 2.24) is 4.90 Å². The van der Waals surface area contributed by atoms with Gasteiger partial charge < -0.3 is 5.32 Å². The summed E-state index contributed by atoms with van der Waals surface area (Å²) in [6.07, 6.45) is 2.41. The highest BCUT2D eigenvalue weighted by Gasteiger charge is 2.19. The zero-order chi connectivity index (χ0) is 14.5. The van der Waals surface area contributed by atoms with Crippen molar-refractivity contribution in [2.45, 2.75) is 25.4 Å². The molecule has 2 aromatic rings. The third-order valence-electron chi connectivity index (χ3n) is 4.07. The van der Waals surface area contributed by atoms with Gasteiger partial charge >= 0.3 is 0 Å². The highest BCUT2D eigenvalue weighted by molar-refractivity contribution is 9.10. The molecule has 1 N–H and O–H groups in total. The zero-order valence-corrected chi connectivity index (χ0v) is 13.7. The first-order valence-corrected chi connectivity index (χ1v) is 8.38. The molecule has 1 fully saturated rings. The minimum Gasteiger partial charge on any atom is -0.381 e. The fraction of sp³-hybridized carbons (Fsp3) is 0.333. The third kappa shape index (κ3) is 4.08. The number of rotatable bonds is 4. The second-order valence-electron chi connectivity index (χ2n) is 5.66. The number of nitrogens with one attached hydrogen (secondary N) is 1. The molecule has 0 unspecified atom stereocenters. The molecule has 110 valence electrons. The van der Waals surface area contributed by atoms with E-state index in [-0.39, 0.29) is 0 Å². The molecule has 1 aliphatic heterocycles. The van der Waals surface area contributed by atoms with Crippen LogP contribution in [0, 0.1) is 0 Å². The summed E-state index contributed by atoms with van der Waals surface area (Å²) in [6.45, 7) is 3.40. The zero-order valence-electron chi connectivity index (χ0n) is 12.1. The van der Waals surface area contributed by atoms with Gasteiger partial charge in [0.1, 0.15) is 0 Å². The third-order valence-corrected chi connectivity index (χ3v) is 4.76. The van der Waals surface area contributed by atoms with Crippen LogP contribution in [0.2, 0.25) is 0 Å². The van der Waals surface area contributed by atoms with Gasteiger partial charge in [0.25, 0.3) is 0 Å². The molecule has 0 aliphatic carbocycles. The van der Waals surface area contributed by atoms with E-state index in [1.807, 2.05) is 0 Å². The maximum atomic E-state index is 3.66. The number of halogens is 1. The highest BCUT2D eigenvalue weighted by atomic mass is 79.9. The van der Waals surface area contributed by atoms with E-state index in [9.17, 15) is 0 Å². The Bertz CT molecular complexity index is 562. The van der Waals surface area contributed by atoms with E-state index in [4.69, 9.17) is 0 Å². The Balaban J connectivity index is 1.50. The SMILES string of the molecule is Brc1ccccc1NC1CCN(Cc2ccccc2)CC1. The molecule has 0 saturated carbocycles. The van der Waals surface area contributed by atoms with E-state index in [1.54, 1.807) is 0 Å². The quantitative estimate of drug-likeness (QED) is 0.876. The lowest BCUT2D eigenvalue weighted by molar-refractivity contribution is 0.211. The standard InChI is InChI=1S/C18H21BrN2/c19-17-8-4-5-9-18(17)20-16-10-12-21(13-11-16)14-15-6-2-1-3-7-15/h1-9,16,20H,10-14H2. The molecule has 0 spiro atoms. The Morgan fingerprint density at radius 3 is 2.33 bits per heavy atom. The van der Waals surface area contributed by atoms with Crippen LogP contribution in [0.15, 0.2) is 59.1 Å². The average molecular weight is 345 g/mol. The van der Waals surface area contributed by atoms with Crippen LogP contribution in [0.5, 0.6) is 0 Å². The molecule has 0 amide bonds. The lowest BCUT2D eigenvalue weighted by Gasteiger charge is -2.33. The Labute approximate surface area is 135 Å². The summed E-state index contributed by atoms with van der Waals surface area (Å²) in [5, 5.41) is 3.66. The topological polar surface area (TPSA) is 15.3 Å². The van der Waals surface area contributed by atoms with Crippen LogP contribution in [0.4, 0.5) is 5.69 Å². The van der Waals surface area contributed by atoms with Gasteiger partial charge in [0.05, 0.1) is 0 Å². The van der Waals surface area contributed by atoms with Crippen molar-refractivity contribution in [1.29, 1.82) is 0 Å². The fourth-order valence-electron chi connectivity index (χ4n) is 2.88. The second kappa shape index (κ2) is 7.10. The van der Waals surface area contributed by atoms with Gasteiger partial charge in [0.2, 0.25) is 0 Å². The molecule has 1 heterocycles. The smallest absolute Gasteiger partial charge is 0.0486 e. The summed E-state index contributed by atoms with van der Waals surface area (Å²) < 4.78 is 1.15. The van der Waals surface area contributed by atoms with E-state index in [2.05, 4.69) is 80.7 Å². The largest absolute Gasteiger partial charge is 0.381 e. The Kier molecular flexibility index (Phi) is 4.94. The van der Waals surface area contributed by atoms with E-state index in [1.165, 1.54) is 24.1 Å². The van der Waals surface area contributed by atoms with Crippen LogP contribution in [-0.2, 0) is 6.54 Å². The molecular formula is C18H21BrN2. The van der Waals surface area contributed by atoms with Gasteiger partial charge in [-0.2, -0.15) is 0 Å². The van der Waals surface area contributed by atoms with Crippen molar-refractivity contribution in [2.75, 3.05) is 18.4 Å². The number of benzene rings is 2. The fourth-order valence-corrected chi connectivity index (χ4v) is 3.27. The summed E-state index contributed by atoms with van der Waals surface area (Å²) in [5.74, 6) is 0. The van der Waals surface area contributed by atoms with E-state index in [0.717, 1.165) is 24.1 Å². The van der Waals surface area contributed by atoms with E-state index in [0.29, 0.717) is 6.04 Å². The number of hydrogen-bond donors (Lipinski definition) is 1. The second-order valence-corrected chi connectivity index (χ2v) is 6.51. The highest BCUT2D eigenvalue weighted by Crippen LogP contribution is 2.24. The molecule has 0 bridgehead atoms. The molecular weight excluding hydrogens is 324 g/mol. The first-order valence-electron chi connectivity index (χ1n) is 7.58. The van der Waals surface area contributed by atoms with Crippen molar-refractivity contribution in [3.63, 3.8) is 0 Å². The van der Waals surface area contributed by atoms with Gasteiger partial charge in [-0.15, -0.1) is 0 Å². The van der Waals surface area contributed by atoms with Crippen LogP contribution >= 0.6 is 15.9 Å². The van der Waals surface area contributed by atoms with Gasteiger partial charge in [0.15, 0.2) is 0 Å². The number of piperidine rings is 1. The van der Waals surface area contributed by atoms with Crippen LogP contribution < -0.4 is 5.32 Å². The predicted molar refractivity (Wildman–Crippen MR) is 92.5 cm³/mol. The Hall–Kier alpha value is -1.32. The van der Waals surface area contributed by atoms with Crippen molar-refractivity contribution >= 4 is 21.6 Å². The van der Waals surface area contributed by atoms with Crippen molar-refractivity contribution in [3.05, 3.63) is 64.6 Å². The number of para-hydroxylation sites is 1. The Morgan fingerprint density at radius 2 is 1.62 bits per heavy atom. The van der Waals surface area contributed by atoms with Crippen LogP contribution in [0.25, 0.3) is 0 Å². The predicted octanol–water partition coefficient (Wildman–Crippen LogP) is 4.53. The first kappa shape index (κ1) is 14.6. The van der Waals surface area contributed by atoms with Crippen molar-refractivity contribution < 1.29 is 0 Å². The van der Waals surface area contributed by atoms with Crippen LogP contribution in [0.3, 0.4) is 0 Å². The molecule has 0 aromatic heterocycles. The molecule has 2 nitrogen and oxygen atoms in total. The summed E-state index contributed by atoms with van der Waals surface area (Å²) >= 11 is 3.61. The van der Waals surface area contributed by atoms with Gasteiger partial charge in [-0.3, -0.25) is 4.90 Å². The monoisotopic (exact) mass is 344 g/mol. The molecule has 21 heavy (non-hydrogen) atoms. The lowest BCUT2D eigenvalue weighted by Crippen LogP contribution is -2.38. The van der Waals surface area contributed by atoms with E-state index < -0.39 is 0 Å². The summed E-state index contributed by atoms with van der Waals surface area (Å²) in [4.78, 5) is 2.55. The number of hydrogen-bond acceptors (Lipinski definition) is 2. The summed E-state index contributed by atoms with van der Waals surface area (Å²) in [5.41, 5.74) is 2.62. The maximum Gasteiger partial charge on any atom is 0.0486 e. The summed E-state index contributed by atoms with van der Waals surface area (Å²) in [6, 6.07) is 19.7. The summed E-state index contributed by atoms with van der Waals surface area (Å²) in [7, 11) is 0. The molecule has 1 aliphatic rings. The van der Waals surface area contributed by atoms with Gasteiger partial charge in [-0.1, -0.05) is 42.5 Å². The number of likely N-dealkylation sites (tertiary alicyclic amines) is 1. The molecule has 2 aromatic carbocycles. The number of nitrogens with zero attached hydrogens (tertiary/aromatic N) is 1. The van der Waals surface area contributed by atoms with Crippen molar-refractivity contribution in [3.8, 4) is 0 Å². The van der Waals surface area contributed by atoms with Gasteiger partial charge in [-0.25, -0.2) is 0 Å². The maximum absolute atomic E-state index is 3.66. The Morgan fingerprint density at radius 1 is 0.952 bits per heavy atom. The van der Waals surface area contributed by atoms with E-state index >= 15 is 0 Å². The molecule has 3 rings (SSSR count). The normalized spacial score (nSPS) is 16.8.